The predicted molar refractivity (Wildman–Crippen MR) is 133 cm³/mol. The number of rotatable bonds is 8. The van der Waals surface area contributed by atoms with Crippen LogP contribution < -0.4 is 0 Å². The number of allylic oxidation sites excluding steroid dienone is 5. The van der Waals surface area contributed by atoms with Gasteiger partial charge in [-0.25, -0.2) is 0 Å². The molecule has 1 aromatic heterocycles. The van der Waals surface area contributed by atoms with Crippen molar-refractivity contribution in [3.05, 3.63) is 60.0 Å². The monoisotopic (exact) mass is 465 g/mol. The molecule has 0 aromatic carbocycles. The summed E-state index contributed by atoms with van der Waals surface area (Å²) < 4.78 is 6.33. The molecule has 2 fully saturated rings. The molecule has 0 spiro atoms. The fourth-order valence-corrected chi connectivity index (χ4v) is 6.26. The van der Waals surface area contributed by atoms with E-state index in [4.69, 9.17) is 4.74 Å². The van der Waals surface area contributed by atoms with Crippen molar-refractivity contribution < 1.29 is 19.4 Å². The zero-order valence-electron chi connectivity index (χ0n) is 20.7. The van der Waals surface area contributed by atoms with Gasteiger partial charge >= 0.3 is 5.97 Å². The van der Waals surface area contributed by atoms with E-state index in [1.54, 1.807) is 6.92 Å². The number of ether oxygens (including phenoxy) is 1. The first kappa shape index (κ1) is 24.7. The Labute approximate surface area is 203 Å². The van der Waals surface area contributed by atoms with E-state index in [-0.39, 0.29) is 29.8 Å². The van der Waals surface area contributed by atoms with Crippen LogP contribution in [0, 0.1) is 35.5 Å². The molecule has 184 valence electrons. The van der Waals surface area contributed by atoms with Crippen molar-refractivity contribution in [3.63, 3.8) is 0 Å². The van der Waals surface area contributed by atoms with Gasteiger partial charge in [-0.1, -0.05) is 50.6 Å². The molecule has 0 bridgehead atoms. The van der Waals surface area contributed by atoms with Gasteiger partial charge in [-0.15, -0.1) is 0 Å². The van der Waals surface area contributed by atoms with E-state index in [1.807, 2.05) is 18.3 Å². The number of aromatic nitrogens is 1. The summed E-state index contributed by atoms with van der Waals surface area (Å²) in [5, 5.41) is 9.43. The van der Waals surface area contributed by atoms with Crippen LogP contribution in [0.3, 0.4) is 0 Å². The van der Waals surface area contributed by atoms with Gasteiger partial charge in [-0.05, 0) is 74.5 Å². The number of Topliss-reactive ketones (excluding diaryl/α,β-unsaturated/α-hetero) is 1. The summed E-state index contributed by atoms with van der Waals surface area (Å²) in [6.07, 6.45) is 18.6. The van der Waals surface area contributed by atoms with Gasteiger partial charge in [0, 0.05) is 18.0 Å². The van der Waals surface area contributed by atoms with Gasteiger partial charge in [-0.2, -0.15) is 0 Å². The summed E-state index contributed by atoms with van der Waals surface area (Å²) >= 11 is 0. The van der Waals surface area contributed by atoms with E-state index in [1.165, 1.54) is 18.4 Å². The molecule has 1 saturated carbocycles. The number of hydrogen-bond donors (Lipinski definition) is 2. The Bertz CT molecular complexity index is 943. The lowest BCUT2D eigenvalue weighted by Gasteiger charge is -2.37. The van der Waals surface area contributed by atoms with Gasteiger partial charge in [0.25, 0.3) is 0 Å². The highest BCUT2D eigenvalue weighted by atomic mass is 16.5. The first-order valence-corrected chi connectivity index (χ1v) is 13.0. The van der Waals surface area contributed by atoms with Crippen LogP contribution in [0.4, 0.5) is 0 Å². The first-order valence-electron chi connectivity index (χ1n) is 13.0. The zero-order valence-corrected chi connectivity index (χ0v) is 20.7. The number of fused-ring (bicyclic) bond motifs is 1. The van der Waals surface area contributed by atoms with Crippen LogP contribution in [0.1, 0.15) is 69.8 Å². The van der Waals surface area contributed by atoms with Crippen LogP contribution in [0.5, 0.6) is 0 Å². The first-order chi connectivity index (χ1) is 16.4. The molecule has 2 heterocycles. The number of aliphatic carboxylic acids is 1. The van der Waals surface area contributed by atoms with Crippen LogP contribution in [0.15, 0.2) is 54.3 Å². The van der Waals surface area contributed by atoms with E-state index in [2.05, 4.69) is 49.2 Å². The molecule has 2 N–H and O–H groups in total. The summed E-state index contributed by atoms with van der Waals surface area (Å²) in [4.78, 5) is 28.0. The van der Waals surface area contributed by atoms with Crippen LogP contribution >= 0.6 is 0 Å². The van der Waals surface area contributed by atoms with Crippen molar-refractivity contribution in [2.75, 3.05) is 0 Å². The second-order valence-corrected chi connectivity index (χ2v) is 10.5. The number of carboxylic acid groups (broad SMARTS) is 1. The average molecular weight is 466 g/mol. The molecule has 0 unspecified atom stereocenters. The molecule has 2 aliphatic carbocycles. The summed E-state index contributed by atoms with van der Waals surface area (Å²) in [6, 6.07) is 3.78. The largest absolute Gasteiger partial charge is 0.481 e. The molecular weight excluding hydrogens is 426 g/mol. The van der Waals surface area contributed by atoms with Gasteiger partial charge in [0.1, 0.15) is 0 Å². The number of ketones is 1. The Balaban J connectivity index is 1.53. The van der Waals surface area contributed by atoms with Gasteiger partial charge in [0.2, 0.25) is 0 Å². The van der Waals surface area contributed by atoms with E-state index >= 15 is 0 Å². The highest BCUT2D eigenvalue weighted by molar-refractivity contribution is 5.97. The third-order valence-corrected chi connectivity index (χ3v) is 8.36. The smallest absolute Gasteiger partial charge is 0.308 e. The van der Waals surface area contributed by atoms with E-state index < -0.39 is 11.9 Å². The molecule has 5 heteroatoms. The Kier molecular flexibility index (Phi) is 7.92. The summed E-state index contributed by atoms with van der Waals surface area (Å²) in [5.41, 5.74) is 1.90. The van der Waals surface area contributed by atoms with Crippen molar-refractivity contribution in [2.45, 2.75) is 71.5 Å². The topological polar surface area (TPSA) is 79.4 Å². The Hall–Kier alpha value is -2.40. The number of carbonyl (C=O) groups is 2. The molecule has 8 atom stereocenters. The van der Waals surface area contributed by atoms with Crippen LogP contribution in [-0.4, -0.2) is 34.1 Å². The number of H-pyrrole nitrogens is 1. The SMILES string of the molecule is CC/C(=C/C=C/[C@@H]1C=C[C@@H]2CCC[C@@H]2[C@@H]1C(=O)c1ccc[nH]1)[C@@H]1O[C@H]([C@H](C)C(=O)O)CC[C@H]1C. The van der Waals surface area contributed by atoms with Crippen molar-refractivity contribution in [1.82, 2.24) is 4.98 Å². The number of carbonyl (C=O) groups excluding carboxylic acids is 1. The number of nitrogens with one attached hydrogen (secondary N) is 1. The fourth-order valence-electron chi connectivity index (χ4n) is 6.26. The van der Waals surface area contributed by atoms with Crippen molar-refractivity contribution in [3.8, 4) is 0 Å². The average Bonchev–Trinajstić information content (AvgIpc) is 3.53. The van der Waals surface area contributed by atoms with Crippen LogP contribution in [0.2, 0.25) is 0 Å². The maximum atomic E-state index is 13.4. The Morgan fingerprint density at radius 1 is 1.24 bits per heavy atom. The maximum Gasteiger partial charge on any atom is 0.308 e. The van der Waals surface area contributed by atoms with Crippen LogP contribution in [-0.2, 0) is 9.53 Å². The summed E-state index contributed by atoms with van der Waals surface area (Å²) in [7, 11) is 0. The van der Waals surface area contributed by atoms with E-state index in [0.29, 0.717) is 23.4 Å². The highest BCUT2D eigenvalue weighted by Crippen LogP contribution is 2.46. The fraction of sp³-hybridized carbons (Fsp3) is 0.586. The maximum absolute atomic E-state index is 13.4. The second-order valence-electron chi connectivity index (χ2n) is 10.5. The lowest BCUT2D eigenvalue weighted by Crippen LogP contribution is -2.40. The zero-order chi connectivity index (χ0) is 24.2. The Morgan fingerprint density at radius 3 is 2.76 bits per heavy atom. The number of carboxylic acids is 1. The predicted octanol–water partition coefficient (Wildman–Crippen LogP) is 6.21. The number of aromatic amines is 1. The van der Waals surface area contributed by atoms with E-state index in [0.717, 1.165) is 25.7 Å². The third-order valence-electron chi connectivity index (χ3n) is 8.36. The lowest BCUT2D eigenvalue weighted by atomic mass is 9.69. The lowest BCUT2D eigenvalue weighted by molar-refractivity contribution is -0.152. The normalized spacial score (nSPS) is 34.8. The van der Waals surface area contributed by atoms with Crippen molar-refractivity contribution >= 4 is 11.8 Å². The summed E-state index contributed by atoms with van der Waals surface area (Å²) in [5.74, 6) is 0.237. The van der Waals surface area contributed by atoms with Gasteiger partial charge < -0.3 is 14.8 Å². The highest BCUT2D eigenvalue weighted by Gasteiger charge is 2.42. The van der Waals surface area contributed by atoms with Gasteiger partial charge in [0.05, 0.1) is 23.8 Å². The molecule has 34 heavy (non-hydrogen) atoms. The molecule has 4 rings (SSSR count). The summed E-state index contributed by atoms with van der Waals surface area (Å²) in [6.45, 7) is 6.05. The van der Waals surface area contributed by atoms with Gasteiger partial charge in [-0.3, -0.25) is 9.59 Å². The minimum Gasteiger partial charge on any atom is -0.481 e. The quantitative estimate of drug-likeness (QED) is 0.272. The van der Waals surface area contributed by atoms with Crippen molar-refractivity contribution in [2.24, 2.45) is 35.5 Å². The minimum absolute atomic E-state index is 0.0310. The molecule has 1 aliphatic heterocycles. The van der Waals surface area contributed by atoms with Gasteiger partial charge in [0.15, 0.2) is 5.78 Å². The molecular formula is C29H39NO4. The van der Waals surface area contributed by atoms with Crippen molar-refractivity contribution in [1.29, 1.82) is 0 Å². The Morgan fingerprint density at radius 2 is 2.06 bits per heavy atom. The van der Waals surface area contributed by atoms with Crippen LogP contribution in [0.25, 0.3) is 0 Å². The molecule has 0 amide bonds. The molecule has 1 saturated heterocycles. The molecule has 1 aromatic rings. The minimum atomic E-state index is -0.799. The molecule has 5 nitrogen and oxygen atoms in total. The second kappa shape index (κ2) is 10.9. The molecule has 0 radical (unpaired) electrons. The molecule has 3 aliphatic rings. The third kappa shape index (κ3) is 5.14. The standard InChI is InChI=1S/C29H39NO4/c1-4-20(28-18(2)13-16-25(34-28)19(3)29(32)33)8-5-10-22-15-14-21-9-6-11-23(21)26(22)27(31)24-12-7-17-30-24/h5,7-8,10,12,14-15,17-19,21-23,25-26,28,30H,4,6,9,11,13,16H2,1-3H3,(H,32,33)/b10-5+,20-8-/t18-,19+,21+,22-,23+,25+,26-,28-/m1/s1. The number of hydrogen-bond acceptors (Lipinski definition) is 3. The van der Waals surface area contributed by atoms with E-state index in [9.17, 15) is 14.7 Å².